The Kier molecular flexibility index (Phi) is 5.33. The number of carbonyl (C=O) groups excluding carboxylic acids is 1. The molecule has 1 amide bonds. The second-order valence-corrected chi connectivity index (χ2v) is 6.77. The molecule has 0 atom stereocenters. The van der Waals surface area contributed by atoms with Crippen molar-refractivity contribution in [3.63, 3.8) is 0 Å². The number of hydrogen-bond donors (Lipinski definition) is 1. The van der Waals surface area contributed by atoms with Gasteiger partial charge in [0.25, 0.3) is 5.91 Å². The quantitative estimate of drug-likeness (QED) is 0.507. The molecule has 0 bridgehead atoms. The standard InChI is InChI=1S/C23H21FN2O3/c1-28-19-7-5-16(6-8-19)9-11-25-23(27)21-14-22-20(10-12-29-22)26(21)15-17-3-2-4-18(24)13-17/h2-8,10,12-14H,9,11,15H2,1H3,(H,25,27). The number of amides is 1. The first kappa shape index (κ1) is 18.8. The smallest absolute Gasteiger partial charge is 0.268 e. The molecule has 0 aliphatic heterocycles. The van der Waals surface area contributed by atoms with Crippen LogP contribution in [0.5, 0.6) is 5.75 Å². The molecule has 0 spiro atoms. The maximum Gasteiger partial charge on any atom is 0.268 e. The Hall–Kier alpha value is -3.54. The van der Waals surface area contributed by atoms with Crippen molar-refractivity contribution in [2.45, 2.75) is 13.0 Å². The topological polar surface area (TPSA) is 56.4 Å². The number of rotatable bonds is 7. The third-order valence-electron chi connectivity index (χ3n) is 4.84. The van der Waals surface area contributed by atoms with Gasteiger partial charge in [0, 0.05) is 25.2 Å². The highest BCUT2D eigenvalue weighted by atomic mass is 19.1. The molecule has 0 radical (unpaired) electrons. The zero-order valence-corrected chi connectivity index (χ0v) is 16.0. The summed E-state index contributed by atoms with van der Waals surface area (Å²) in [7, 11) is 1.63. The average Bonchev–Trinajstić information content (AvgIpc) is 3.31. The van der Waals surface area contributed by atoms with E-state index in [9.17, 15) is 9.18 Å². The van der Waals surface area contributed by atoms with Crippen LogP contribution in [0.15, 0.2) is 71.3 Å². The minimum atomic E-state index is -0.302. The van der Waals surface area contributed by atoms with Crippen LogP contribution in [-0.2, 0) is 13.0 Å². The number of benzene rings is 2. The fourth-order valence-electron chi connectivity index (χ4n) is 3.36. The Morgan fingerprint density at radius 1 is 1.10 bits per heavy atom. The normalized spacial score (nSPS) is 11.0. The predicted molar refractivity (Wildman–Crippen MR) is 109 cm³/mol. The third-order valence-corrected chi connectivity index (χ3v) is 4.84. The van der Waals surface area contributed by atoms with Crippen LogP contribution >= 0.6 is 0 Å². The molecule has 2 aromatic heterocycles. The van der Waals surface area contributed by atoms with Crippen molar-refractivity contribution in [1.82, 2.24) is 9.88 Å². The van der Waals surface area contributed by atoms with Gasteiger partial charge >= 0.3 is 0 Å². The lowest BCUT2D eigenvalue weighted by atomic mass is 10.1. The highest BCUT2D eigenvalue weighted by Gasteiger charge is 2.17. The minimum Gasteiger partial charge on any atom is -0.497 e. The molecule has 4 rings (SSSR count). The summed E-state index contributed by atoms with van der Waals surface area (Å²) < 4.78 is 26.0. The maximum atomic E-state index is 13.6. The van der Waals surface area contributed by atoms with Crippen LogP contribution in [0.1, 0.15) is 21.6 Å². The van der Waals surface area contributed by atoms with E-state index in [2.05, 4.69) is 5.32 Å². The van der Waals surface area contributed by atoms with E-state index in [-0.39, 0.29) is 11.7 Å². The largest absolute Gasteiger partial charge is 0.497 e. The summed E-state index contributed by atoms with van der Waals surface area (Å²) in [6.07, 6.45) is 2.29. The molecule has 148 valence electrons. The number of hydrogen-bond acceptors (Lipinski definition) is 3. The SMILES string of the molecule is COc1ccc(CCNC(=O)c2cc3occc3n2Cc2cccc(F)c2)cc1. The summed E-state index contributed by atoms with van der Waals surface area (Å²) in [6, 6.07) is 17.6. The van der Waals surface area contributed by atoms with Crippen molar-refractivity contribution in [3.05, 3.63) is 89.6 Å². The van der Waals surface area contributed by atoms with Crippen LogP contribution < -0.4 is 10.1 Å². The molecular formula is C23H21FN2O3. The lowest BCUT2D eigenvalue weighted by Gasteiger charge is -2.11. The van der Waals surface area contributed by atoms with Gasteiger partial charge in [-0.2, -0.15) is 0 Å². The zero-order valence-electron chi connectivity index (χ0n) is 16.0. The molecule has 1 N–H and O–H groups in total. The number of halogens is 1. The number of nitrogens with zero attached hydrogens (tertiary/aromatic N) is 1. The number of nitrogens with one attached hydrogen (secondary N) is 1. The summed E-state index contributed by atoms with van der Waals surface area (Å²) in [5.41, 5.74) is 3.79. The Balaban J connectivity index is 1.48. The number of aromatic nitrogens is 1. The lowest BCUT2D eigenvalue weighted by Crippen LogP contribution is -2.28. The number of ether oxygens (including phenoxy) is 1. The Labute approximate surface area is 167 Å². The van der Waals surface area contributed by atoms with Gasteiger partial charge in [0.2, 0.25) is 0 Å². The van der Waals surface area contributed by atoms with E-state index in [1.165, 1.54) is 12.1 Å². The molecule has 0 saturated heterocycles. The molecule has 0 aliphatic carbocycles. The van der Waals surface area contributed by atoms with Gasteiger partial charge in [0.1, 0.15) is 17.3 Å². The van der Waals surface area contributed by atoms with E-state index in [0.717, 1.165) is 22.4 Å². The Bertz CT molecular complexity index is 1130. The fraction of sp³-hybridized carbons (Fsp3) is 0.174. The van der Waals surface area contributed by atoms with Crippen LogP contribution in [0.4, 0.5) is 4.39 Å². The van der Waals surface area contributed by atoms with Gasteiger partial charge in [-0.25, -0.2) is 4.39 Å². The Morgan fingerprint density at radius 3 is 2.69 bits per heavy atom. The van der Waals surface area contributed by atoms with Crippen LogP contribution in [0.3, 0.4) is 0 Å². The highest BCUT2D eigenvalue weighted by molar-refractivity contribution is 5.97. The lowest BCUT2D eigenvalue weighted by molar-refractivity contribution is 0.0945. The van der Waals surface area contributed by atoms with E-state index in [1.807, 2.05) is 41.0 Å². The molecule has 5 nitrogen and oxygen atoms in total. The second-order valence-electron chi connectivity index (χ2n) is 6.77. The van der Waals surface area contributed by atoms with E-state index in [4.69, 9.17) is 9.15 Å². The highest BCUT2D eigenvalue weighted by Crippen LogP contribution is 2.23. The summed E-state index contributed by atoms with van der Waals surface area (Å²) in [5, 5.41) is 2.96. The molecule has 0 aliphatic rings. The van der Waals surface area contributed by atoms with Gasteiger partial charge < -0.3 is 19.0 Å². The fourth-order valence-corrected chi connectivity index (χ4v) is 3.36. The first-order valence-corrected chi connectivity index (χ1v) is 9.36. The van der Waals surface area contributed by atoms with Crippen LogP contribution in [0, 0.1) is 5.82 Å². The molecule has 2 heterocycles. The van der Waals surface area contributed by atoms with E-state index >= 15 is 0 Å². The second kappa shape index (κ2) is 8.22. The average molecular weight is 392 g/mol. The summed E-state index contributed by atoms with van der Waals surface area (Å²) in [4.78, 5) is 12.8. The van der Waals surface area contributed by atoms with Crippen LogP contribution in [-0.4, -0.2) is 24.1 Å². The van der Waals surface area contributed by atoms with Gasteiger partial charge in [0.15, 0.2) is 5.58 Å². The van der Waals surface area contributed by atoms with Gasteiger partial charge in [-0.15, -0.1) is 0 Å². The number of fused-ring (bicyclic) bond motifs is 1. The maximum absolute atomic E-state index is 13.6. The van der Waals surface area contributed by atoms with Crippen LogP contribution in [0.25, 0.3) is 11.1 Å². The van der Waals surface area contributed by atoms with E-state index < -0.39 is 0 Å². The Morgan fingerprint density at radius 2 is 1.93 bits per heavy atom. The molecule has 0 saturated carbocycles. The monoisotopic (exact) mass is 392 g/mol. The van der Waals surface area contributed by atoms with Crippen molar-refractivity contribution >= 4 is 17.0 Å². The molecule has 0 unspecified atom stereocenters. The van der Waals surface area contributed by atoms with Crippen LogP contribution in [0.2, 0.25) is 0 Å². The van der Waals surface area contributed by atoms with Gasteiger partial charge in [-0.05, 0) is 41.8 Å². The number of furan rings is 1. The first-order valence-electron chi connectivity index (χ1n) is 9.36. The zero-order chi connectivity index (χ0) is 20.2. The van der Waals surface area contributed by atoms with Crippen molar-refractivity contribution in [2.24, 2.45) is 0 Å². The summed E-state index contributed by atoms with van der Waals surface area (Å²) >= 11 is 0. The number of methoxy groups -OCH3 is 1. The van der Waals surface area contributed by atoms with Crippen molar-refractivity contribution < 1.29 is 18.3 Å². The van der Waals surface area contributed by atoms with Crippen molar-refractivity contribution in [1.29, 1.82) is 0 Å². The van der Waals surface area contributed by atoms with E-state index in [1.54, 1.807) is 25.5 Å². The number of carbonyl (C=O) groups is 1. The van der Waals surface area contributed by atoms with Gasteiger partial charge in [-0.1, -0.05) is 24.3 Å². The molecule has 6 heteroatoms. The van der Waals surface area contributed by atoms with Gasteiger partial charge in [-0.3, -0.25) is 4.79 Å². The summed E-state index contributed by atoms with van der Waals surface area (Å²) in [5.74, 6) is 0.306. The molecular weight excluding hydrogens is 371 g/mol. The third kappa shape index (κ3) is 4.16. The molecule has 0 fully saturated rings. The van der Waals surface area contributed by atoms with Crippen molar-refractivity contribution in [3.8, 4) is 5.75 Å². The van der Waals surface area contributed by atoms with Crippen molar-refractivity contribution in [2.75, 3.05) is 13.7 Å². The summed E-state index contributed by atoms with van der Waals surface area (Å²) in [6.45, 7) is 0.875. The van der Waals surface area contributed by atoms with Gasteiger partial charge in [0.05, 0.1) is 18.9 Å². The predicted octanol–water partition coefficient (Wildman–Crippen LogP) is 4.40. The first-order chi connectivity index (χ1) is 14.1. The minimum absolute atomic E-state index is 0.193. The molecule has 2 aromatic carbocycles. The molecule has 29 heavy (non-hydrogen) atoms. The van der Waals surface area contributed by atoms with E-state index in [0.29, 0.717) is 30.8 Å². The molecule has 4 aromatic rings.